The Hall–Kier alpha value is -1.08. The summed E-state index contributed by atoms with van der Waals surface area (Å²) in [5, 5.41) is 0. The van der Waals surface area contributed by atoms with E-state index in [2.05, 4.69) is 66.1 Å². The summed E-state index contributed by atoms with van der Waals surface area (Å²) in [6.45, 7) is 11.7. The molecule has 2 unspecified atom stereocenters. The minimum Gasteiger partial charge on any atom is -0.325 e. The molecular formula is C26H42N+. The summed E-state index contributed by atoms with van der Waals surface area (Å²) < 4.78 is 1.09. The van der Waals surface area contributed by atoms with Gasteiger partial charge < -0.3 is 4.48 Å². The Morgan fingerprint density at radius 3 is 2.56 bits per heavy atom. The van der Waals surface area contributed by atoms with Gasteiger partial charge in [-0.2, -0.15) is 0 Å². The number of hydrogen-bond acceptors (Lipinski definition) is 0. The lowest BCUT2D eigenvalue weighted by Gasteiger charge is -2.44. The molecule has 0 spiro atoms. The summed E-state index contributed by atoms with van der Waals surface area (Å²) in [5.74, 6) is 1.62. The zero-order chi connectivity index (χ0) is 19.7. The van der Waals surface area contributed by atoms with Crippen molar-refractivity contribution in [3.8, 4) is 0 Å². The maximum absolute atomic E-state index is 2.64. The van der Waals surface area contributed by atoms with Crippen LogP contribution in [0.2, 0.25) is 0 Å². The second kappa shape index (κ2) is 8.11. The first kappa shape index (κ1) is 20.6. The molecule has 0 saturated heterocycles. The highest BCUT2D eigenvalue weighted by atomic mass is 15.3. The lowest BCUT2D eigenvalue weighted by molar-refractivity contribution is -0.885. The van der Waals surface area contributed by atoms with E-state index in [0.717, 1.165) is 22.9 Å². The quantitative estimate of drug-likeness (QED) is 0.341. The number of allylic oxidation sites excluding steroid dienone is 6. The molecule has 1 fully saturated rings. The molecule has 3 aliphatic rings. The van der Waals surface area contributed by atoms with Gasteiger partial charge in [0.1, 0.15) is 0 Å². The summed E-state index contributed by atoms with van der Waals surface area (Å²) in [7, 11) is 4.78. The van der Waals surface area contributed by atoms with Crippen LogP contribution in [0, 0.1) is 17.3 Å². The van der Waals surface area contributed by atoms with Crippen LogP contribution in [0.25, 0.3) is 0 Å². The molecule has 1 saturated carbocycles. The minimum absolute atomic E-state index is 0.473. The molecule has 0 aromatic heterocycles. The fraction of sp³-hybridized carbons (Fsp3) is 0.692. The van der Waals surface area contributed by atoms with Crippen molar-refractivity contribution in [1.82, 2.24) is 0 Å². The lowest BCUT2D eigenvalue weighted by Crippen LogP contribution is -2.42. The largest absolute Gasteiger partial charge is 0.325 e. The third-order valence-corrected chi connectivity index (χ3v) is 7.74. The Kier molecular flexibility index (Phi) is 6.21. The zero-order valence-corrected chi connectivity index (χ0v) is 18.8. The maximum Gasteiger partial charge on any atom is 0.0996 e. The third-order valence-electron chi connectivity index (χ3n) is 7.74. The van der Waals surface area contributed by atoms with Crippen molar-refractivity contribution >= 4 is 0 Å². The lowest BCUT2D eigenvalue weighted by atomic mass is 9.61. The van der Waals surface area contributed by atoms with E-state index < -0.39 is 0 Å². The van der Waals surface area contributed by atoms with Gasteiger partial charge in [0, 0.05) is 6.42 Å². The SMILES string of the molecule is C/C=C(\C)C[N+](C)(C)CCC1=CCC(CC)C2CC=C(C3(C)CCC3)C=C12. The van der Waals surface area contributed by atoms with Crippen LogP contribution in [-0.2, 0) is 0 Å². The minimum atomic E-state index is 0.473. The molecule has 0 radical (unpaired) electrons. The van der Waals surface area contributed by atoms with Gasteiger partial charge in [-0.05, 0) is 79.1 Å². The molecule has 0 bridgehead atoms. The maximum atomic E-state index is 2.64. The van der Waals surface area contributed by atoms with Crippen molar-refractivity contribution in [3.63, 3.8) is 0 Å². The highest BCUT2D eigenvalue weighted by Gasteiger charge is 2.38. The molecule has 3 rings (SSSR count). The second-order valence-electron chi connectivity index (χ2n) is 10.4. The number of rotatable bonds is 7. The summed E-state index contributed by atoms with van der Waals surface area (Å²) in [4.78, 5) is 0. The topological polar surface area (TPSA) is 0 Å². The van der Waals surface area contributed by atoms with Gasteiger partial charge in [-0.25, -0.2) is 0 Å². The summed E-state index contributed by atoms with van der Waals surface area (Å²) in [6, 6.07) is 0. The van der Waals surface area contributed by atoms with E-state index in [4.69, 9.17) is 0 Å². The normalized spacial score (nSPS) is 27.9. The van der Waals surface area contributed by atoms with Crippen LogP contribution in [0.4, 0.5) is 0 Å². The standard InChI is InChI=1S/C26H42N/c1-7-20(3)19-27(5,6)17-14-22-11-10-21(8-2)24-13-12-23(18-25(22)24)26(4)15-9-16-26/h7,11-12,18,21,24H,8-10,13-17,19H2,1-6H3/q+1/b20-7+. The Morgan fingerprint density at radius 1 is 1.22 bits per heavy atom. The molecule has 0 N–H and O–H groups in total. The molecule has 1 nitrogen and oxygen atoms in total. The predicted molar refractivity (Wildman–Crippen MR) is 119 cm³/mol. The Balaban J connectivity index is 1.77. The van der Waals surface area contributed by atoms with Gasteiger partial charge in [-0.1, -0.05) is 51.0 Å². The smallest absolute Gasteiger partial charge is 0.0996 e. The van der Waals surface area contributed by atoms with E-state index >= 15 is 0 Å². The Morgan fingerprint density at radius 2 is 1.96 bits per heavy atom. The Bertz CT molecular complexity index is 666. The van der Waals surface area contributed by atoms with Crippen LogP contribution in [0.3, 0.4) is 0 Å². The average Bonchev–Trinajstić information content (AvgIpc) is 2.63. The van der Waals surface area contributed by atoms with E-state index in [0.29, 0.717) is 5.41 Å². The van der Waals surface area contributed by atoms with Gasteiger partial charge >= 0.3 is 0 Å². The number of likely N-dealkylation sites (N-methyl/N-ethyl adjacent to an activating group) is 1. The highest BCUT2D eigenvalue weighted by Crippen LogP contribution is 2.51. The van der Waals surface area contributed by atoms with Gasteiger partial charge in [-0.15, -0.1) is 0 Å². The van der Waals surface area contributed by atoms with Gasteiger partial charge in [0.2, 0.25) is 0 Å². The van der Waals surface area contributed by atoms with E-state index in [9.17, 15) is 0 Å². The first-order valence-electron chi connectivity index (χ1n) is 11.3. The van der Waals surface area contributed by atoms with E-state index in [1.807, 2.05) is 0 Å². The van der Waals surface area contributed by atoms with Crippen molar-refractivity contribution in [3.05, 3.63) is 46.6 Å². The van der Waals surface area contributed by atoms with Crippen molar-refractivity contribution in [2.75, 3.05) is 27.2 Å². The summed E-state index contributed by atoms with van der Waals surface area (Å²) in [6.07, 6.45) is 19.4. The number of nitrogens with zero attached hydrogens (tertiary/aromatic N) is 1. The molecule has 0 amide bonds. The molecule has 1 heteroatoms. The van der Waals surface area contributed by atoms with Gasteiger partial charge in [-0.3, -0.25) is 0 Å². The van der Waals surface area contributed by atoms with Crippen molar-refractivity contribution in [2.24, 2.45) is 17.3 Å². The molecule has 0 aromatic carbocycles. The van der Waals surface area contributed by atoms with Crippen LogP contribution < -0.4 is 0 Å². The van der Waals surface area contributed by atoms with Gasteiger partial charge in [0.15, 0.2) is 0 Å². The highest BCUT2D eigenvalue weighted by molar-refractivity contribution is 5.46. The van der Waals surface area contributed by atoms with Crippen LogP contribution in [0.5, 0.6) is 0 Å². The van der Waals surface area contributed by atoms with Crippen LogP contribution in [-0.4, -0.2) is 31.7 Å². The first-order chi connectivity index (χ1) is 12.8. The molecule has 150 valence electrons. The average molecular weight is 369 g/mol. The van der Waals surface area contributed by atoms with Crippen LogP contribution >= 0.6 is 0 Å². The van der Waals surface area contributed by atoms with Gasteiger partial charge in [0.25, 0.3) is 0 Å². The number of quaternary nitrogens is 1. The van der Waals surface area contributed by atoms with Crippen LogP contribution in [0.1, 0.15) is 72.6 Å². The molecule has 0 aromatic rings. The third kappa shape index (κ3) is 4.50. The molecule has 3 aliphatic carbocycles. The number of hydrogen-bond donors (Lipinski definition) is 0. The molecule has 2 atom stereocenters. The number of fused-ring (bicyclic) bond motifs is 1. The summed E-state index contributed by atoms with van der Waals surface area (Å²) in [5.41, 5.74) is 7.01. The second-order valence-corrected chi connectivity index (χ2v) is 10.4. The first-order valence-corrected chi connectivity index (χ1v) is 11.3. The monoisotopic (exact) mass is 368 g/mol. The molecule has 0 heterocycles. The molecule has 27 heavy (non-hydrogen) atoms. The van der Waals surface area contributed by atoms with E-state index in [1.54, 1.807) is 16.7 Å². The van der Waals surface area contributed by atoms with Crippen molar-refractivity contribution < 1.29 is 4.48 Å². The molecular weight excluding hydrogens is 326 g/mol. The van der Waals surface area contributed by atoms with Crippen LogP contribution in [0.15, 0.2) is 46.6 Å². The van der Waals surface area contributed by atoms with Gasteiger partial charge in [0.05, 0.1) is 27.2 Å². The summed E-state index contributed by atoms with van der Waals surface area (Å²) >= 11 is 0. The van der Waals surface area contributed by atoms with Crippen molar-refractivity contribution in [1.29, 1.82) is 0 Å². The fourth-order valence-corrected chi connectivity index (χ4v) is 5.45. The Labute approximate surface area is 168 Å². The van der Waals surface area contributed by atoms with Crippen molar-refractivity contribution in [2.45, 2.75) is 72.6 Å². The predicted octanol–water partition coefficient (Wildman–Crippen LogP) is 6.84. The van der Waals surface area contributed by atoms with E-state index in [1.165, 1.54) is 57.1 Å². The molecule has 0 aliphatic heterocycles. The zero-order valence-electron chi connectivity index (χ0n) is 18.8. The fourth-order valence-electron chi connectivity index (χ4n) is 5.45. The van der Waals surface area contributed by atoms with E-state index in [-0.39, 0.29) is 0 Å².